The summed E-state index contributed by atoms with van der Waals surface area (Å²) in [5.74, 6) is 0.509. The molecule has 0 aromatic heterocycles. The minimum Gasteiger partial charge on any atom is -0.497 e. The normalized spacial score (nSPS) is 10.9. The molecule has 3 N–H and O–H groups in total. The summed E-state index contributed by atoms with van der Waals surface area (Å²) in [6.07, 6.45) is 5.78. The smallest absolute Gasteiger partial charge is 0.261 e. The van der Waals surface area contributed by atoms with Gasteiger partial charge in [0.05, 0.1) is 12.0 Å². The Morgan fingerprint density at radius 1 is 0.935 bits per heavy atom. The van der Waals surface area contributed by atoms with E-state index in [0.717, 1.165) is 25.7 Å². The standard InChI is InChI=1S/C22H29N3O4S2/c1-3-4-5-6-7-8-21(26)24-22(30)23-17-11-15-20(16-12-17)31(27,28)25-18-9-13-19(29-2)14-10-18/h9-16,25H,3-8H2,1-2H3,(H2,23,24,26,30). The van der Waals surface area contributed by atoms with Gasteiger partial charge in [-0.15, -0.1) is 0 Å². The van der Waals surface area contributed by atoms with Crippen molar-refractivity contribution in [2.75, 3.05) is 17.1 Å². The van der Waals surface area contributed by atoms with Crippen molar-refractivity contribution in [1.29, 1.82) is 0 Å². The first-order valence-electron chi connectivity index (χ1n) is 10.2. The maximum absolute atomic E-state index is 12.6. The van der Waals surface area contributed by atoms with Crippen LogP contribution >= 0.6 is 12.2 Å². The minimum absolute atomic E-state index is 0.107. The Labute approximate surface area is 189 Å². The zero-order valence-corrected chi connectivity index (χ0v) is 19.4. The predicted octanol–water partition coefficient (Wildman–Crippen LogP) is 4.67. The van der Waals surface area contributed by atoms with Crippen LogP contribution in [0.2, 0.25) is 0 Å². The number of amides is 1. The number of hydrogen-bond acceptors (Lipinski definition) is 5. The Hall–Kier alpha value is -2.65. The van der Waals surface area contributed by atoms with Crippen molar-refractivity contribution in [3.8, 4) is 5.75 Å². The second-order valence-electron chi connectivity index (χ2n) is 7.02. The highest BCUT2D eigenvalue weighted by atomic mass is 32.2. The molecule has 2 rings (SSSR count). The van der Waals surface area contributed by atoms with Crippen LogP contribution < -0.4 is 20.1 Å². The number of carbonyl (C=O) groups excluding carboxylic acids is 1. The number of methoxy groups -OCH3 is 1. The Bertz CT molecular complexity index is 959. The lowest BCUT2D eigenvalue weighted by Gasteiger charge is -2.11. The summed E-state index contributed by atoms with van der Waals surface area (Å²) in [5, 5.41) is 5.73. The zero-order valence-electron chi connectivity index (χ0n) is 17.8. The summed E-state index contributed by atoms with van der Waals surface area (Å²) in [6.45, 7) is 2.15. The van der Waals surface area contributed by atoms with E-state index in [9.17, 15) is 13.2 Å². The van der Waals surface area contributed by atoms with Crippen LogP contribution in [0.1, 0.15) is 45.4 Å². The van der Waals surface area contributed by atoms with Crippen LogP contribution in [0, 0.1) is 0 Å². The molecule has 2 aromatic rings. The molecular weight excluding hydrogens is 434 g/mol. The van der Waals surface area contributed by atoms with E-state index >= 15 is 0 Å². The van der Waals surface area contributed by atoms with E-state index in [0.29, 0.717) is 23.5 Å². The van der Waals surface area contributed by atoms with Gasteiger partial charge in [0.15, 0.2) is 5.11 Å². The molecule has 2 aromatic carbocycles. The Balaban J connectivity index is 1.86. The van der Waals surface area contributed by atoms with Gasteiger partial charge in [0.25, 0.3) is 10.0 Å². The molecule has 31 heavy (non-hydrogen) atoms. The van der Waals surface area contributed by atoms with Gasteiger partial charge in [0.2, 0.25) is 5.91 Å². The third kappa shape index (κ3) is 8.55. The molecule has 0 bridgehead atoms. The molecule has 0 aliphatic rings. The molecule has 0 saturated heterocycles. The summed E-state index contributed by atoms with van der Waals surface area (Å²) in [5.41, 5.74) is 1.01. The van der Waals surface area contributed by atoms with Gasteiger partial charge in [0, 0.05) is 17.8 Å². The fraction of sp³-hybridized carbons (Fsp3) is 0.364. The molecular formula is C22H29N3O4S2. The van der Waals surface area contributed by atoms with Crippen molar-refractivity contribution in [3.63, 3.8) is 0 Å². The molecule has 0 atom stereocenters. The third-order valence-electron chi connectivity index (χ3n) is 4.53. The molecule has 0 unspecified atom stereocenters. The van der Waals surface area contributed by atoms with Gasteiger partial charge in [-0.2, -0.15) is 0 Å². The largest absolute Gasteiger partial charge is 0.497 e. The summed E-state index contributed by atoms with van der Waals surface area (Å²) < 4.78 is 32.7. The quantitative estimate of drug-likeness (QED) is 0.331. The molecule has 0 aliphatic heterocycles. The minimum atomic E-state index is -3.74. The summed E-state index contributed by atoms with van der Waals surface area (Å²) in [4.78, 5) is 12.0. The van der Waals surface area contributed by atoms with Crippen LogP contribution in [-0.4, -0.2) is 26.5 Å². The highest BCUT2D eigenvalue weighted by molar-refractivity contribution is 7.92. The second-order valence-corrected chi connectivity index (χ2v) is 9.12. The average molecular weight is 464 g/mol. The number of sulfonamides is 1. The number of ether oxygens (including phenoxy) is 1. The molecule has 0 aliphatic carbocycles. The van der Waals surface area contributed by atoms with E-state index in [1.807, 2.05) is 0 Å². The van der Waals surface area contributed by atoms with Gasteiger partial charge >= 0.3 is 0 Å². The SMILES string of the molecule is CCCCCCCC(=O)NC(=S)Nc1ccc(S(=O)(=O)Nc2ccc(OC)cc2)cc1. The monoisotopic (exact) mass is 463 g/mol. The zero-order chi connectivity index (χ0) is 22.7. The van der Waals surface area contributed by atoms with Gasteiger partial charge in [-0.25, -0.2) is 8.42 Å². The molecule has 0 saturated carbocycles. The van der Waals surface area contributed by atoms with Crippen molar-refractivity contribution in [2.45, 2.75) is 50.3 Å². The summed E-state index contributed by atoms with van der Waals surface area (Å²) >= 11 is 5.16. The van der Waals surface area contributed by atoms with Crippen LogP contribution in [0.4, 0.5) is 11.4 Å². The Kier molecular flexibility index (Phi) is 9.74. The lowest BCUT2D eigenvalue weighted by Crippen LogP contribution is -2.33. The number of rotatable bonds is 11. The molecule has 9 heteroatoms. The topological polar surface area (TPSA) is 96.5 Å². The highest BCUT2D eigenvalue weighted by Gasteiger charge is 2.14. The first kappa shape index (κ1) is 24.6. The van der Waals surface area contributed by atoms with Crippen molar-refractivity contribution in [2.24, 2.45) is 0 Å². The molecule has 0 heterocycles. The fourth-order valence-electron chi connectivity index (χ4n) is 2.83. The van der Waals surface area contributed by atoms with Gasteiger partial charge in [-0.1, -0.05) is 32.6 Å². The molecule has 7 nitrogen and oxygen atoms in total. The number of unbranched alkanes of at least 4 members (excludes halogenated alkanes) is 4. The first-order chi connectivity index (χ1) is 14.8. The molecule has 0 radical (unpaired) electrons. The van der Waals surface area contributed by atoms with E-state index < -0.39 is 10.0 Å². The van der Waals surface area contributed by atoms with Gasteiger partial charge in [0.1, 0.15) is 5.75 Å². The lowest BCUT2D eigenvalue weighted by molar-refractivity contribution is -0.119. The molecule has 1 amide bonds. The van der Waals surface area contributed by atoms with Gasteiger partial charge in [-0.3, -0.25) is 9.52 Å². The molecule has 168 valence electrons. The number of anilines is 2. The maximum Gasteiger partial charge on any atom is 0.261 e. The average Bonchev–Trinajstić information content (AvgIpc) is 2.74. The molecule has 0 spiro atoms. The number of carbonyl (C=O) groups is 1. The Morgan fingerprint density at radius 3 is 2.16 bits per heavy atom. The van der Waals surface area contributed by atoms with Crippen LogP contribution in [0.25, 0.3) is 0 Å². The second kappa shape index (κ2) is 12.3. The van der Waals surface area contributed by atoms with Crippen LogP contribution in [0.15, 0.2) is 53.4 Å². The number of hydrogen-bond donors (Lipinski definition) is 3. The first-order valence-corrected chi connectivity index (χ1v) is 12.1. The molecule has 0 fully saturated rings. The number of thiocarbonyl (C=S) groups is 1. The van der Waals surface area contributed by atoms with Crippen molar-refractivity contribution in [1.82, 2.24) is 5.32 Å². The third-order valence-corrected chi connectivity index (χ3v) is 6.13. The van der Waals surface area contributed by atoms with Crippen LogP contribution in [0.5, 0.6) is 5.75 Å². The summed E-state index contributed by atoms with van der Waals surface area (Å²) in [6, 6.07) is 12.7. The van der Waals surface area contributed by atoms with Crippen molar-refractivity contribution in [3.05, 3.63) is 48.5 Å². The van der Waals surface area contributed by atoms with Crippen LogP contribution in [0.3, 0.4) is 0 Å². The van der Waals surface area contributed by atoms with E-state index in [1.54, 1.807) is 43.5 Å². The van der Waals surface area contributed by atoms with E-state index in [-0.39, 0.29) is 15.9 Å². The number of nitrogens with one attached hydrogen (secondary N) is 3. The highest BCUT2D eigenvalue weighted by Crippen LogP contribution is 2.20. The predicted molar refractivity (Wildman–Crippen MR) is 128 cm³/mol. The van der Waals surface area contributed by atoms with E-state index in [2.05, 4.69) is 22.3 Å². The fourth-order valence-corrected chi connectivity index (χ4v) is 4.12. The van der Waals surface area contributed by atoms with Gasteiger partial charge in [-0.05, 0) is 67.2 Å². The lowest BCUT2D eigenvalue weighted by atomic mass is 10.1. The van der Waals surface area contributed by atoms with E-state index in [4.69, 9.17) is 17.0 Å². The Morgan fingerprint density at radius 2 is 1.55 bits per heavy atom. The van der Waals surface area contributed by atoms with E-state index in [1.165, 1.54) is 18.6 Å². The van der Waals surface area contributed by atoms with Crippen molar-refractivity contribution >= 4 is 44.6 Å². The van der Waals surface area contributed by atoms with Crippen LogP contribution in [-0.2, 0) is 14.8 Å². The maximum atomic E-state index is 12.6. The summed E-state index contributed by atoms with van der Waals surface area (Å²) in [7, 11) is -2.19. The van der Waals surface area contributed by atoms with Crippen molar-refractivity contribution < 1.29 is 17.9 Å². The number of benzene rings is 2. The van der Waals surface area contributed by atoms with Gasteiger partial charge < -0.3 is 15.4 Å².